The first kappa shape index (κ1) is 17.9. The Labute approximate surface area is 134 Å². The summed E-state index contributed by atoms with van der Waals surface area (Å²) in [5.74, 6) is 0.0295. The van der Waals surface area contributed by atoms with E-state index >= 15 is 0 Å². The minimum Gasteiger partial charge on any atom is -0.212 e. The summed E-state index contributed by atoms with van der Waals surface area (Å²) in [4.78, 5) is 0. The molecule has 0 spiro atoms. The predicted octanol–water partition coefficient (Wildman–Crippen LogP) is 1.42. The molecule has 0 amide bonds. The molecule has 1 aliphatic carbocycles. The summed E-state index contributed by atoms with van der Waals surface area (Å²) in [5.41, 5.74) is 0. The van der Waals surface area contributed by atoms with Crippen molar-refractivity contribution >= 4 is 20.0 Å². The summed E-state index contributed by atoms with van der Waals surface area (Å²) >= 11 is 0. The van der Waals surface area contributed by atoms with Gasteiger partial charge in [0.15, 0.2) is 0 Å². The first-order valence-corrected chi connectivity index (χ1v) is 11.0. The van der Waals surface area contributed by atoms with Crippen LogP contribution in [0, 0.1) is 5.92 Å². The molecule has 0 radical (unpaired) electrons. The van der Waals surface area contributed by atoms with Crippen molar-refractivity contribution in [2.75, 3.05) is 19.6 Å². The third-order valence-electron chi connectivity index (χ3n) is 4.61. The van der Waals surface area contributed by atoms with Gasteiger partial charge in [0, 0.05) is 25.0 Å². The Bertz CT molecular complexity index is 580. The van der Waals surface area contributed by atoms with E-state index in [2.05, 4.69) is 11.3 Å². The molecule has 1 saturated carbocycles. The standard InChI is InChI=1S/C14H26N2O4S2/c1-2-21(17,18)15-11-13-7-6-10-16(12-13)22(19,20)14-8-4-3-5-9-14/h2,13-15H,1,3-12H2/t13-/m1/s1. The third kappa shape index (κ3) is 4.53. The Morgan fingerprint density at radius 1 is 1.05 bits per heavy atom. The molecule has 1 heterocycles. The normalized spacial score (nSPS) is 25.9. The van der Waals surface area contributed by atoms with Crippen LogP contribution in [0.5, 0.6) is 0 Å². The van der Waals surface area contributed by atoms with Crippen LogP contribution in [0.15, 0.2) is 12.0 Å². The summed E-state index contributed by atoms with van der Waals surface area (Å²) in [6, 6.07) is 0. The van der Waals surface area contributed by atoms with E-state index in [4.69, 9.17) is 0 Å². The topological polar surface area (TPSA) is 83.6 Å². The number of hydrogen-bond acceptors (Lipinski definition) is 4. The van der Waals surface area contributed by atoms with E-state index in [-0.39, 0.29) is 17.7 Å². The molecule has 1 atom stereocenters. The average molecular weight is 351 g/mol. The largest absolute Gasteiger partial charge is 0.233 e. The molecule has 0 aromatic heterocycles. The maximum absolute atomic E-state index is 12.7. The molecule has 2 fully saturated rings. The molecule has 1 aliphatic heterocycles. The van der Waals surface area contributed by atoms with Crippen LogP contribution in [-0.2, 0) is 20.0 Å². The summed E-state index contributed by atoms with van der Waals surface area (Å²) in [5, 5.41) is 0.636. The van der Waals surface area contributed by atoms with Gasteiger partial charge >= 0.3 is 0 Å². The molecular weight excluding hydrogens is 324 g/mol. The smallest absolute Gasteiger partial charge is 0.212 e. The van der Waals surface area contributed by atoms with Gasteiger partial charge in [-0.15, -0.1) is 0 Å². The van der Waals surface area contributed by atoms with Gasteiger partial charge in [-0.2, -0.15) is 0 Å². The molecule has 0 aromatic rings. The number of piperidine rings is 1. The average Bonchev–Trinajstić information content (AvgIpc) is 2.54. The fourth-order valence-corrected chi connectivity index (χ4v) is 6.03. The zero-order chi connectivity index (χ0) is 16.2. The number of hydrogen-bond donors (Lipinski definition) is 1. The lowest BCUT2D eigenvalue weighted by molar-refractivity contribution is 0.262. The number of nitrogens with one attached hydrogen (secondary N) is 1. The van der Waals surface area contributed by atoms with E-state index < -0.39 is 20.0 Å². The second kappa shape index (κ2) is 7.42. The van der Waals surface area contributed by atoms with Gasteiger partial charge in [0.05, 0.1) is 5.25 Å². The predicted molar refractivity (Wildman–Crippen MR) is 87.2 cm³/mol. The molecule has 6 nitrogen and oxygen atoms in total. The second-order valence-corrected chi connectivity index (χ2v) is 10.2. The van der Waals surface area contributed by atoms with Crippen molar-refractivity contribution < 1.29 is 16.8 Å². The molecule has 1 N–H and O–H groups in total. The molecule has 0 bridgehead atoms. The zero-order valence-corrected chi connectivity index (χ0v) is 14.5. The van der Waals surface area contributed by atoms with E-state index in [1.807, 2.05) is 0 Å². The van der Waals surface area contributed by atoms with Crippen LogP contribution in [0.4, 0.5) is 0 Å². The maximum atomic E-state index is 12.7. The van der Waals surface area contributed by atoms with Crippen LogP contribution >= 0.6 is 0 Å². The molecule has 1 saturated heterocycles. The van der Waals surface area contributed by atoms with E-state index in [1.165, 1.54) is 0 Å². The van der Waals surface area contributed by atoms with Gasteiger partial charge in [0.2, 0.25) is 20.0 Å². The van der Waals surface area contributed by atoms with Gasteiger partial charge < -0.3 is 0 Å². The molecular formula is C14H26N2O4S2. The summed E-state index contributed by atoms with van der Waals surface area (Å²) < 4.78 is 52.3. The van der Waals surface area contributed by atoms with E-state index in [0.29, 0.717) is 13.1 Å². The van der Waals surface area contributed by atoms with E-state index in [1.54, 1.807) is 4.31 Å². The highest BCUT2D eigenvalue weighted by Gasteiger charge is 2.35. The second-order valence-electron chi connectivity index (χ2n) is 6.23. The Kier molecular flexibility index (Phi) is 6.04. The van der Waals surface area contributed by atoms with E-state index in [0.717, 1.165) is 50.4 Å². The van der Waals surface area contributed by atoms with Crippen molar-refractivity contribution in [1.29, 1.82) is 0 Å². The Balaban J connectivity index is 1.96. The van der Waals surface area contributed by atoms with Crippen LogP contribution in [0.3, 0.4) is 0 Å². The monoisotopic (exact) mass is 350 g/mol. The fraction of sp³-hybridized carbons (Fsp3) is 0.857. The van der Waals surface area contributed by atoms with Gasteiger partial charge in [-0.25, -0.2) is 25.9 Å². The minimum absolute atomic E-state index is 0.0295. The molecule has 0 unspecified atom stereocenters. The first-order valence-electron chi connectivity index (χ1n) is 7.96. The number of rotatable bonds is 6. The van der Waals surface area contributed by atoms with Crippen molar-refractivity contribution in [1.82, 2.24) is 9.03 Å². The van der Waals surface area contributed by atoms with Gasteiger partial charge in [0.1, 0.15) is 0 Å². The van der Waals surface area contributed by atoms with Crippen molar-refractivity contribution in [2.45, 2.75) is 50.2 Å². The van der Waals surface area contributed by atoms with Crippen LogP contribution in [-0.4, -0.2) is 46.0 Å². The lowest BCUT2D eigenvalue weighted by atomic mass is 10.0. The molecule has 22 heavy (non-hydrogen) atoms. The summed E-state index contributed by atoms with van der Waals surface area (Å²) in [6.45, 7) is 4.50. The molecule has 128 valence electrons. The van der Waals surface area contributed by atoms with E-state index in [9.17, 15) is 16.8 Å². The highest BCUT2D eigenvalue weighted by molar-refractivity contribution is 7.92. The first-order chi connectivity index (χ1) is 10.3. The molecule has 8 heteroatoms. The van der Waals surface area contributed by atoms with Crippen LogP contribution < -0.4 is 4.72 Å². The number of sulfonamides is 2. The SMILES string of the molecule is C=CS(=O)(=O)NC[C@H]1CCCN(S(=O)(=O)C2CCCCC2)C1. The van der Waals surface area contributed by atoms with Gasteiger partial charge in [-0.05, 0) is 31.6 Å². The van der Waals surface area contributed by atoms with Crippen LogP contribution in [0.1, 0.15) is 44.9 Å². The van der Waals surface area contributed by atoms with Gasteiger partial charge in [-0.1, -0.05) is 25.8 Å². The zero-order valence-electron chi connectivity index (χ0n) is 12.9. The third-order valence-corrected chi connectivity index (χ3v) is 7.98. The van der Waals surface area contributed by atoms with Crippen LogP contribution in [0.25, 0.3) is 0 Å². The van der Waals surface area contributed by atoms with Crippen molar-refractivity contribution in [2.24, 2.45) is 5.92 Å². The maximum Gasteiger partial charge on any atom is 0.233 e. The van der Waals surface area contributed by atoms with Crippen LogP contribution in [0.2, 0.25) is 0 Å². The van der Waals surface area contributed by atoms with Crippen molar-refractivity contribution in [3.8, 4) is 0 Å². The Morgan fingerprint density at radius 2 is 1.73 bits per heavy atom. The Hall–Kier alpha value is -0.440. The quantitative estimate of drug-likeness (QED) is 0.785. The molecule has 2 aliphatic rings. The lowest BCUT2D eigenvalue weighted by Crippen LogP contribution is -2.47. The summed E-state index contributed by atoms with van der Waals surface area (Å²) in [6.07, 6.45) is 6.24. The van der Waals surface area contributed by atoms with Gasteiger partial charge in [0.25, 0.3) is 0 Å². The highest BCUT2D eigenvalue weighted by Crippen LogP contribution is 2.28. The molecule has 0 aromatic carbocycles. The minimum atomic E-state index is -3.45. The molecule has 2 rings (SSSR count). The summed E-state index contributed by atoms with van der Waals surface area (Å²) in [7, 11) is -6.69. The van der Waals surface area contributed by atoms with Gasteiger partial charge in [-0.3, -0.25) is 0 Å². The van der Waals surface area contributed by atoms with Crippen molar-refractivity contribution in [3.63, 3.8) is 0 Å². The highest BCUT2D eigenvalue weighted by atomic mass is 32.2. The van der Waals surface area contributed by atoms with Crippen molar-refractivity contribution in [3.05, 3.63) is 12.0 Å². The lowest BCUT2D eigenvalue weighted by Gasteiger charge is -2.35. The Morgan fingerprint density at radius 3 is 2.36 bits per heavy atom. The number of nitrogens with zero attached hydrogens (tertiary/aromatic N) is 1. The fourth-order valence-electron chi connectivity index (χ4n) is 3.29.